The van der Waals surface area contributed by atoms with Crippen LogP contribution in [0.25, 0.3) is 21.8 Å². The maximum atomic E-state index is 4.35. The summed E-state index contributed by atoms with van der Waals surface area (Å²) in [5, 5.41) is 2.30. The van der Waals surface area contributed by atoms with Crippen molar-refractivity contribution in [2.24, 2.45) is 0 Å². The van der Waals surface area contributed by atoms with E-state index < -0.39 is 0 Å². The number of rotatable bonds is 0. The average Bonchev–Trinajstić information content (AvgIpc) is 2.29. The maximum absolute atomic E-state index is 4.35. The Morgan fingerprint density at radius 3 is 2.67 bits per heavy atom. The highest BCUT2D eigenvalue weighted by Gasteiger charge is 1.99. The van der Waals surface area contributed by atoms with Crippen molar-refractivity contribution in [1.29, 1.82) is 0 Å². The van der Waals surface area contributed by atoms with Gasteiger partial charge in [-0.2, -0.15) is 0 Å². The van der Waals surface area contributed by atoms with Gasteiger partial charge in [-0.3, -0.25) is 9.97 Å². The van der Waals surface area contributed by atoms with Crippen LogP contribution in [0.15, 0.2) is 48.8 Å². The SMILES string of the molecule is Cl.c1ccc2c(c1)cnc1cccnc12. The summed E-state index contributed by atoms with van der Waals surface area (Å²) in [4.78, 5) is 8.69. The van der Waals surface area contributed by atoms with Gasteiger partial charge in [0.25, 0.3) is 0 Å². The standard InChI is InChI=1S/C12H8N2.ClH/c1-2-5-10-9(4-1)8-14-11-6-3-7-13-12(10)11;/h1-8H;1H. The van der Waals surface area contributed by atoms with Gasteiger partial charge in [0.15, 0.2) is 0 Å². The topological polar surface area (TPSA) is 25.8 Å². The zero-order valence-corrected chi connectivity index (χ0v) is 8.74. The number of fused-ring (bicyclic) bond motifs is 3. The molecule has 0 aliphatic carbocycles. The van der Waals surface area contributed by atoms with Gasteiger partial charge in [-0.15, -0.1) is 12.4 Å². The molecular weight excluding hydrogens is 208 g/mol. The van der Waals surface area contributed by atoms with Crippen molar-refractivity contribution >= 4 is 34.2 Å². The van der Waals surface area contributed by atoms with Gasteiger partial charge in [-0.05, 0) is 12.1 Å². The molecule has 0 amide bonds. The predicted molar refractivity (Wildman–Crippen MR) is 64.3 cm³/mol. The lowest BCUT2D eigenvalue weighted by Gasteiger charge is -2.00. The van der Waals surface area contributed by atoms with E-state index in [9.17, 15) is 0 Å². The molecule has 0 spiro atoms. The van der Waals surface area contributed by atoms with E-state index in [4.69, 9.17) is 0 Å². The third kappa shape index (κ3) is 1.53. The lowest BCUT2D eigenvalue weighted by atomic mass is 10.1. The molecule has 0 fully saturated rings. The number of aromatic nitrogens is 2. The normalized spacial score (nSPS) is 10.1. The van der Waals surface area contributed by atoms with Gasteiger partial charge in [0.2, 0.25) is 0 Å². The van der Waals surface area contributed by atoms with Gasteiger partial charge < -0.3 is 0 Å². The van der Waals surface area contributed by atoms with E-state index in [2.05, 4.69) is 22.1 Å². The second-order valence-electron chi connectivity index (χ2n) is 3.22. The molecule has 3 rings (SSSR count). The Morgan fingerprint density at radius 2 is 1.73 bits per heavy atom. The van der Waals surface area contributed by atoms with Gasteiger partial charge in [-0.25, -0.2) is 0 Å². The van der Waals surface area contributed by atoms with Crippen molar-refractivity contribution in [3.63, 3.8) is 0 Å². The van der Waals surface area contributed by atoms with Gasteiger partial charge in [0.05, 0.1) is 11.0 Å². The van der Waals surface area contributed by atoms with Crippen molar-refractivity contribution in [2.45, 2.75) is 0 Å². The molecule has 2 aromatic heterocycles. The predicted octanol–water partition coefficient (Wildman–Crippen LogP) is 3.20. The Bertz CT molecular complexity index is 553. The molecule has 0 saturated heterocycles. The fraction of sp³-hybridized carbons (Fsp3) is 0. The van der Waals surface area contributed by atoms with Gasteiger partial charge in [0.1, 0.15) is 0 Å². The summed E-state index contributed by atoms with van der Waals surface area (Å²) in [7, 11) is 0. The maximum Gasteiger partial charge on any atom is 0.0964 e. The molecule has 1 aromatic carbocycles. The lowest BCUT2D eigenvalue weighted by Crippen LogP contribution is -1.83. The first kappa shape index (κ1) is 9.87. The molecule has 0 saturated carbocycles. The molecule has 0 unspecified atom stereocenters. The van der Waals surface area contributed by atoms with Crippen LogP contribution in [-0.2, 0) is 0 Å². The third-order valence-corrected chi connectivity index (χ3v) is 2.35. The lowest BCUT2D eigenvalue weighted by molar-refractivity contribution is 1.36. The van der Waals surface area contributed by atoms with Crippen molar-refractivity contribution in [2.75, 3.05) is 0 Å². The zero-order chi connectivity index (χ0) is 9.38. The smallest absolute Gasteiger partial charge is 0.0964 e. The molecule has 0 bridgehead atoms. The number of hydrogen-bond donors (Lipinski definition) is 0. The molecule has 0 radical (unpaired) electrons. The third-order valence-electron chi connectivity index (χ3n) is 2.35. The Morgan fingerprint density at radius 1 is 0.867 bits per heavy atom. The monoisotopic (exact) mass is 216 g/mol. The Hall–Kier alpha value is -1.67. The molecule has 3 aromatic rings. The summed E-state index contributed by atoms with van der Waals surface area (Å²) < 4.78 is 0. The van der Waals surface area contributed by atoms with Gasteiger partial charge in [0, 0.05) is 23.2 Å². The molecule has 15 heavy (non-hydrogen) atoms. The Labute approximate surface area is 93.4 Å². The van der Waals surface area contributed by atoms with Crippen molar-refractivity contribution in [3.8, 4) is 0 Å². The van der Waals surface area contributed by atoms with Crippen LogP contribution >= 0.6 is 12.4 Å². The molecule has 2 heterocycles. The summed E-state index contributed by atoms with van der Waals surface area (Å²) in [5.74, 6) is 0. The molecule has 74 valence electrons. The Kier molecular flexibility index (Phi) is 2.52. The summed E-state index contributed by atoms with van der Waals surface area (Å²) in [6.07, 6.45) is 3.69. The van der Waals surface area contributed by atoms with E-state index >= 15 is 0 Å². The quantitative estimate of drug-likeness (QED) is 0.540. The number of pyridine rings is 2. The first-order valence-electron chi connectivity index (χ1n) is 4.53. The largest absolute Gasteiger partial charge is 0.254 e. The van der Waals surface area contributed by atoms with Crippen molar-refractivity contribution < 1.29 is 0 Å². The number of hydrogen-bond acceptors (Lipinski definition) is 2. The second-order valence-corrected chi connectivity index (χ2v) is 3.22. The minimum absolute atomic E-state index is 0. The average molecular weight is 217 g/mol. The van der Waals surface area contributed by atoms with Crippen LogP contribution in [0.2, 0.25) is 0 Å². The molecule has 0 aliphatic rings. The minimum Gasteiger partial charge on any atom is -0.254 e. The first-order valence-corrected chi connectivity index (χ1v) is 4.53. The van der Waals surface area contributed by atoms with Gasteiger partial charge in [-0.1, -0.05) is 24.3 Å². The van der Waals surface area contributed by atoms with E-state index in [0.717, 1.165) is 21.8 Å². The fourth-order valence-electron chi connectivity index (χ4n) is 1.67. The van der Waals surface area contributed by atoms with Crippen LogP contribution in [0.1, 0.15) is 0 Å². The highest BCUT2D eigenvalue weighted by Crippen LogP contribution is 2.20. The van der Waals surface area contributed by atoms with Crippen LogP contribution in [0.5, 0.6) is 0 Å². The van der Waals surface area contributed by atoms with E-state index in [1.165, 1.54) is 0 Å². The van der Waals surface area contributed by atoms with Crippen molar-refractivity contribution in [1.82, 2.24) is 9.97 Å². The summed E-state index contributed by atoms with van der Waals surface area (Å²) >= 11 is 0. The highest BCUT2D eigenvalue weighted by molar-refractivity contribution is 6.02. The molecule has 0 N–H and O–H groups in total. The molecule has 0 aliphatic heterocycles. The molecule has 2 nitrogen and oxygen atoms in total. The number of benzene rings is 1. The summed E-state index contributed by atoms with van der Waals surface area (Å²) in [6.45, 7) is 0. The van der Waals surface area contributed by atoms with Crippen LogP contribution in [0, 0.1) is 0 Å². The molecule has 0 atom stereocenters. The second kappa shape index (κ2) is 3.83. The number of halogens is 1. The minimum atomic E-state index is 0. The van der Waals surface area contributed by atoms with E-state index in [-0.39, 0.29) is 12.4 Å². The van der Waals surface area contributed by atoms with Crippen LogP contribution in [0.4, 0.5) is 0 Å². The highest BCUT2D eigenvalue weighted by atomic mass is 35.5. The molecular formula is C12H9ClN2. The first-order chi connectivity index (χ1) is 6.95. The molecule has 3 heteroatoms. The van der Waals surface area contributed by atoms with Crippen LogP contribution in [0.3, 0.4) is 0 Å². The zero-order valence-electron chi connectivity index (χ0n) is 7.92. The van der Waals surface area contributed by atoms with Crippen molar-refractivity contribution in [3.05, 3.63) is 48.8 Å². The summed E-state index contributed by atoms with van der Waals surface area (Å²) in [6, 6.07) is 12.1. The van der Waals surface area contributed by atoms with Gasteiger partial charge >= 0.3 is 0 Å². The number of nitrogens with zero attached hydrogens (tertiary/aromatic N) is 2. The van der Waals surface area contributed by atoms with E-state index in [1.807, 2.05) is 30.5 Å². The fourth-order valence-corrected chi connectivity index (χ4v) is 1.67. The van der Waals surface area contributed by atoms with E-state index in [0.29, 0.717) is 0 Å². The summed E-state index contributed by atoms with van der Waals surface area (Å²) in [5.41, 5.74) is 1.93. The van der Waals surface area contributed by atoms with Crippen LogP contribution in [-0.4, -0.2) is 9.97 Å². The Balaban J connectivity index is 0.000000853. The van der Waals surface area contributed by atoms with E-state index in [1.54, 1.807) is 6.20 Å². The van der Waals surface area contributed by atoms with Crippen LogP contribution < -0.4 is 0 Å².